The van der Waals surface area contributed by atoms with E-state index in [1.54, 1.807) is 7.05 Å². The molecule has 0 rings (SSSR count). The SMILES string of the molecule is CC(=O)NN(C)CCO. The maximum Gasteiger partial charge on any atom is 0.231 e. The Hall–Kier alpha value is -0.610. The van der Waals surface area contributed by atoms with Crippen LogP contribution in [0.2, 0.25) is 0 Å². The molecule has 0 aliphatic carbocycles. The number of rotatable bonds is 3. The molecule has 0 aromatic heterocycles. The van der Waals surface area contributed by atoms with Crippen molar-refractivity contribution >= 4 is 5.91 Å². The first kappa shape index (κ1) is 8.39. The lowest BCUT2D eigenvalue weighted by Crippen LogP contribution is -2.39. The summed E-state index contributed by atoms with van der Waals surface area (Å²) in [4.78, 5) is 10.3. The lowest BCUT2D eigenvalue weighted by atomic mass is 10.6. The molecule has 0 heterocycles. The van der Waals surface area contributed by atoms with Gasteiger partial charge < -0.3 is 5.11 Å². The molecular formula is C5H12N2O2. The average molecular weight is 132 g/mol. The molecule has 0 radical (unpaired) electrons. The highest BCUT2D eigenvalue weighted by atomic mass is 16.3. The van der Waals surface area contributed by atoms with Gasteiger partial charge in [0, 0.05) is 20.5 Å². The highest BCUT2D eigenvalue weighted by molar-refractivity contribution is 5.72. The van der Waals surface area contributed by atoms with Crippen LogP contribution in [0.25, 0.3) is 0 Å². The Bertz CT molecular complexity index is 95.0. The van der Waals surface area contributed by atoms with Crippen molar-refractivity contribution < 1.29 is 9.90 Å². The molecule has 0 aliphatic rings. The van der Waals surface area contributed by atoms with Crippen LogP contribution < -0.4 is 5.43 Å². The molecule has 0 aromatic rings. The number of likely N-dealkylation sites (N-methyl/N-ethyl adjacent to an activating group) is 1. The molecule has 2 N–H and O–H groups in total. The van der Waals surface area contributed by atoms with E-state index in [1.807, 2.05) is 0 Å². The van der Waals surface area contributed by atoms with Gasteiger partial charge in [-0.05, 0) is 0 Å². The van der Waals surface area contributed by atoms with Crippen molar-refractivity contribution in [3.05, 3.63) is 0 Å². The quantitative estimate of drug-likeness (QED) is 0.482. The van der Waals surface area contributed by atoms with Crippen molar-refractivity contribution in [2.24, 2.45) is 0 Å². The fraction of sp³-hybridized carbons (Fsp3) is 0.800. The van der Waals surface area contributed by atoms with E-state index in [9.17, 15) is 4.79 Å². The van der Waals surface area contributed by atoms with Gasteiger partial charge in [0.25, 0.3) is 0 Å². The van der Waals surface area contributed by atoms with Gasteiger partial charge in [-0.3, -0.25) is 10.2 Å². The minimum Gasteiger partial charge on any atom is -0.395 e. The van der Waals surface area contributed by atoms with Crippen LogP contribution in [0.15, 0.2) is 0 Å². The molecular weight excluding hydrogens is 120 g/mol. The van der Waals surface area contributed by atoms with Gasteiger partial charge >= 0.3 is 0 Å². The largest absolute Gasteiger partial charge is 0.395 e. The first-order valence-corrected chi connectivity index (χ1v) is 2.76. The number of hydrogen-bond donors (Lipinski definition) is 2. The van der Waals surface area contributed by atoms with E-state index >= 15 is 0 Å². The van der Waals surface area contributed by atoms with Gasteiger partial charge in [0.15, 0.2) is 0 Å². The molecule has 0 aliphatic heterocycles. The molecule has 4 heteroatoms. The highest BCUT2D eigenvalue weighted by Crippen LogP contribution is 1.71. The van der Waals surface area contributed by atoms with Crippen molar-refractivity contribution in [3.63, 3.8) is 0 Å². The minimum absolute atomic E-state index is 0.0524. The Labute approximate surface area is 54.4 Å². The van der Waals surface area contributed by atoms with Crippen LogP contribution in [-0.2, 0) is 4.79 Å². The molecule has 0 unspecified atom stereocenters. The molecule has 0 saturated carbocycles. The van der Waals surface area contributed by atoms with E-state index in [1.165, 1.54) is 11.9 Å². The Kier molecular flexibility index (Phi) is 4.00. The molecule has 1 amide bonds. The van der Waals surface area contributed by atoms with Gasteiger partial charge in [-0.1, -0.05) is 0 Å². The Morgan fingerprint density at radius 1 is 1.78 bits per heavy atom. The predicted octanol–water partition coefficient (Wildman–Crippen LogP) is -1.04. The van der Waals surface area contributed by atoms with Crippen LogP contribution in [0, 0.1) is 0 Å². The normalized spacial score (nSPS) is 9.78. The summed E-state index contributed by atoms with van der Waals surface area (Å²) in [5, 5.41) is 9.89. The van der Waals surface area contributed by atoms with Crippen LogP contribution in [-0.4, -0.2) is 36.2 Å². The zero-order chi connectivity index (χ0) is 7.28. The third-order valence-electron chi connectivity index (χ3n) is 0.784. The van der Waals surface area contributed by atoms with E-state index in [4.69, 9.17) is 5.11 Å². The third kappa shape index (κ3) is 5.26. The number of amides is 1. The molecule has 0 aromatic carbocycles. The number of aliphatic hydroxyl groups is 1. The van der Waals surface area contributed by atoms with Gasteiger partial charge in [0.05, 0.1) is 6.61 Å². The summed E-state index contributed by atoms with van der Waals surface area (Å²) >= 11 is 0. The molecule has 9 heavy (non-hydrogen) atoms. The summed E-state index contributed by atoms with van der Waals surface area (Å²) < 4.78 is 0. The van der Waals surface area contributed by atoms with E-state index in [2.05, 4.69) is 5.43 Å². The number of hydrogen-bond acceptors (Lipinski definition) is 3. The van der Waals surface area contributed by atoms with Crippen molar-refractivity contribution in [2.75, 3.05) is 20.2 Å². The second kappa shape index (κ2) is 4.29. The standard InChI is InChI=1S/C5H12N2O2/c1-5(9)6-7(2)3-4-8/h8H,3-4H2,1-2H3,(H,6,9). The van der Waals surface area contributed by atoms with E-state index in [0.29, 0.717) is 6.54 Å². The zero-order valence-corrected chi connectivity index (χ0v) is 5.72. The number of nitrogens with one attached hydrogen (secondary N) is 1. The molecule has 0 spiro atoms. The number of aliphatic hydroxyl groups excluding tert-OH is 1. The average Bonchev–Trinajstić information content (AvgIpc) is 1.63. The fourth-order valence-corrected chi connectivity index (χ4v) is 0.475. The van der Waals surface area contributed by atoms with Gasteiger partial charge in [-0.15, -0.1) is 0 Å². The van der Waals surface area contributed by atoms with Crippen molar-refractivity contribution in [3.8, 4) is 0 Å². The Balaban J connectivity index is 3.26. The van der Waals surface area contributed by atoms with Crippen LogP contribution in [0.5, 0.6) is 0 Å². The molecule has 0 atom stereocenters. The number of carbonyl (C=O) groups excluding carboxylic acids is 1. The van der Waals surface area contributed by atoms with Gasteiger partial charge in [0.2, 0.25) is 5.91 Å². The zero-order valence-electron chi connectivity index (χ0n) is 5.72. The monoisotopic (exact) mass is 132 g/mol. The first-order valence-electron chi connectivity index (χ1n) is 2.76. The smallest absolute Gasteiger partial charge is 0.231 e. The van der Waals surface area contributed by atoms with E-state index < -0.39 is 0 Å². The van der Waals surface area contributed by atoms with Crippen molar-refractivity contribution in [1.82, 2.24) is 10.4 Å². The van der Waals surface area contributed by atoms with Gasteiger partial charge in [-0.25, -0.2) is 5.01 Å². The summed E-state index contributed by atoms with van der Waals surface area (Å²) in [6, 6.07) is 0. The van der Waals surface area contributed by atoms with Crippen LogP contribution in [0.4, 0.5) is 0 Å². The first-order chi connectivity index (χ1) is 4.16. The van der Waals surface area contributed by atoms with Crippen molar-refractivity contribution in [2.45, 2.75) is 6.92 Å². The number of carbonyl (C=O) groups is 1. The molecule has 0 fully saturated rings. The highest BCUT2D eigenvalue weighted by Gasteiger charge is 1.95. The van der Waals surface area contributed by atoms with Gasteiger partial charge in [-0.2, -0.15) is 0 Å². The van der Waals surface area contributed by atoms with Crippen LogP contribution in [0.3, 0.4) is 0 Å². The lowest BCUT2D eigenvalue weighted by Gasteiger charge is -2.14. The number of hydrazine groups is 1. The lowest BCUT2D eigenvalue weighted by molar-refractivity contribution is -0.123. The molecule has 54 valence electrons. The second-order valence-electron chi connectivity index (χ2n) is 1.81. The summed E-state index contributed by atoms with van der Waals surface area (Å²) in [6.45, 7) is 1.93. The Morgan fingerprint density at radius 2 is 2.33 bits per heavy atom. The molecule has 4 nitrogen and oxygen atoms in total. The maximum atomic E-state index is 10.3. The van der Waals surface area contributed by atoms with Crippen molar-refractivity contribution in [1.29, 1.82) is 0 Å². The van der Waals surface area contributed by atoms with E-state index in [-0.39, 0.29) is 12.5 Å². The molecule has 0 bridgehead atoms. The molecule has 0 saturated heterocycles. The number of nitrogens with zero attached hydrogens (tertiary/aromatic N) is 1. The fourth-order valence-electron chi connectivity index (χ4n) is 0.475. The van der Waals surface area contributed by atoms with E-state index in [0.717, 1.165) is 0 Å². The minimum atomic E-state index is -0.119. The van der Waals surface area contributed by atoms with Crippen LogP contribution >= 0.6 is 0 Å². The topological polar surface area (TPSA) is 52.6 Å². The predicted molar refractivity (Wildman–Crippen MR) is 33.5 cm³/mol. The summed E-state index contributed by atoms with van der Waals surface area (Å²) in [7, 11) is 1.69. The Morgan fingerprint density at radius 3 is 2.67 bits per heavy atom. The summed E-state index contributed by atoms with van der Waals surface area (Å²) in [6.07, 6.45) is 0. The van der Waals surface area contributed by atoms with Crippen LogP contribution in [0.1, 0.15) is 6.92 Å². The third-order valence-corrected chi connectivity index (χ3v) is 0.784. The summed E-state index contributed by atoms with van der Waals surface area (Å²) in [5.41, 5.74) is 2.48. The van der Waals surface area contributed by atoms with Gasteiger partial charge in [0.1, 0.15) is 0 Å². The second-order valence-corrected chi connectivity index (χ2v) is 1.81. The summed E-state index contributed by atoms with van der Waals surface area (Å²) in [5.74, 6) is -0.119. The maximum absolute atomic E-state index is 10.3.